The van der Waals surface area contributed by atoms with Crippen LogP contribution in [0.25, 0.3) is 0 Å². The van der Waals surface area contributed by atoms with Crippen molar-refractivity contribution in [2.75, 3.05) is 11.1 Å². The Morgan fingerprint density at radius 3 is 2.83 bits per heavy atom. The molecule has 0 fully saturated rings. The zero-order chi connectivity index (χ0) is 13.1. The molecule has 5 heteroatoms. The molecule has 0 bridgehead atoms. The van der Waals surface area contributed by atoms with Gasteiger partial charge in [-0.25, -0.2) is 0 Å². The summed E-state index contributed by atoms with van der Waals surface area (Å²) in [6, 6.07) is 7.32. The number of nitrogen functional groups attached to an aromatic ring is 1. The van der Waals surface area contributed by atoms with E-state index in [4.69, 9.17) is 5.73 Å². The predicted molar refractivity (Wildman–Crippen MR) is 71.2 cm³/mol. The van der Waals surface area contributed by atoms with Crippen LogP contribution in [0.1, 0.15) is 17.0 Å². The minimum absolute atomic E-state index is 0.0757. The van der Waals surface area contributed by atoms with Crippen molar-refractivity contribution in [3.63, 3.8) is 0 Å². The normalized spacial score (nSPS) is 10.3. The second-order valence-electron chi connectivity index (χ2n) is 4.28. The van der Waals surface area contributed by atoms with Gasteiger partial charge in [-0.1, -0.05) is 12.1 Å². The summed E-state index contributed by atoms with van der Waals surface area (Å²) in [4.78, 5) is 11.9. The van der Waals surface area contributed by atoms with Gasteiger partial charge in [0.2, 0.25) is 5.91 Å². The molecule has 1 aromatic heterocycles. The Morgan fingerprint density at radius 1 is 1.44 bits per heavy atom. The van der Waals surface area contributed by atoms with E-state index in [1.165, 1.54) is 0 Å². The Labute approximate surface area is 105 Å². The number of H-pyrrole nitrogens is 1. The molecule has 0 aliphatic carbocycles. The number of carbonyl (C=O) groups is 1. The van der Waals surface area contributed by atoms with Gasteiger partial charge in [-0.05, 0) is 31.5 Å². The Bertz CT molecular complexity index is 555. The Kier molecular flexibility index (Phi) is 3.32. The van der Waals surface area contributed by atoms with Gasteiger partial charge in [0, 0.05) is 5.69 Å². The van der Waals surface area contributed by atoms with Crippen LogP contribution in [0.5, 0.6) is 0 Å². The standard InChI is InChI=1S/C13H16N4O/c1-8-13(9(2)17-16-8)15-12(18)7-10-4-3-5-11(14)6-10/h3-6H,7,14H2,1-2H3,(H,15,18)(H,16,17). The molecule has 2 rings (SSSR count). The van der Waals surface area contributed by atoms with Crippen LogP contribution in [0.2, 0.25) is 0 Å². The van der Waals surface area contributed by atoms with Crippen LogP contribution in [0.4, 0.5) is 11.4 Å². The highest BCUT2D eigenvalue weighted by Crippen LogP contribution is 2.16. The van der Waals surface area contributed by atoms with Crippen molar-refractivity contribution >= 4 is 17.3 Å². The largest absolute Gasteiger partial charge is 0.399 e. The van der Waals surface area contributed by atoms with Crippen molar-refractivity contribution in [2.24, 2.45) is 0 Å². The van der Waals surface area contributed by atoms with Crippen molar-refractivity contribution in [3.8, 4) is 0 Å². The average molecular weight is 244 g/mol. The van der Waals surface area contributed by atoms with Crippen molar-refractivity contribution in [1.82, 2.24) is 10.2 Å². The summed E-state index contributed by atoms with van der Waals surface area (Å²) in [5.74, 6) is -0.0757. The first kappa shape index (κ1) is 12.2. The molecule has 4 N–H and O–H groups in total. The fourth-order valence-corrected chi connectivity index (χ4v) is 1.81. The average Bonchev–Trinajstić information content (AvgIpc) is 2.61. The number of rotatable bonds is 3. The van der Waals surface area contributed by atoms with Crippen LogP contribution >= 0.6 is 0 Å². The van der Waals surface area contributed by atoms with Gasteiger partial charge in [0.15, 0.2) is 0 Å². The molecule has 1 aromatic carbocycles. The fraction of sp³-hybridized carbons (Fsp3) is 0.231. The molecule has 0 atom stereocenters. The number of anilines is 2. The highest BCUT2D eigenvalue weighted by Gasteiger charge is 2.10. The summed E-state index contributed by atoms with van der Waals surface area (Å²) in [6.07, 6.45) is 0.301. The molecule has 2 aromatic rings. The highest BCUT2D eigenvalue weighted by molar-refractivity contribution is 5.93. The molecule has 1 amide bonds. The Balaban J connectivity index is 2.06. The molecular formula is C13H16N4O. The number of hydrogen-bond acceptors (Lipinski definition) is 3. The lowest BCUT2D eigenvalue weighted by Gasteiger charge is -2.05. The molecule has 0 radical (unpaired) electrons. The molecule has 0 saturated carbocycles. The third kappa shape index (κ3) is 2.68. The van der Waals surface area contributed by atoms with Crippen molar-refractivity contribution in [3.05, 3.63) is 41.2 Å². The van der Waals surface area contributed by atoms with Gasteiger partial charge in [-0.3, -0.25) is 9.89 Å². The van der Waals surface area contributed by atoms with E-state index >= 15 is 0 Å². The van der Waals surface area contributed by atoms with Gasteiger partial charge in [-0.15, -0.1) is 0 Å². The van der Waals surface area contributed by atoms with Crippen LogP contribution in [0.15, 0.2) is 24.3 Å². The zero-order valence-electron chi connectivity index (χ0n) is 10.4. The van der Waals surface area contributed by atoms with E-state index in [9.17, 15) is 4.79 Å². The van der Waals surface area contributed by atoms with Crippen LogP contribution in [0, 0.1) is 13.8 Å². The zero-order valence-corrected chi connectivity index (χ0v) is 10.4. The molecule has 0 unspecified atom stereocenters. The van der Waals surface area contributed by atoms with Crippen LogP contribution in [0.3, 0.4) is 0 Å². The van der Waals surface area contributed by atoms with E-state index in [-0.39, 0.29) is 5.91 Å². The molecule has 0 aliphatic rings. The van der Waals surface area contributed by atoms with E-state index < -0.39 is 0 Å². The second-order valence-corrected chi connectivity index (χ2v) is 4.28. The van der Waals surface area contributed by atoms with Gasteiger partial charge in [-0.2, -0.15) is 5.10 Å². The molecular weight excluding hydrogens is 228 g/mol. The monoisotopic (exact) mass is 244 g/mol. The van der Waals surface area contributed by atoms with Crippen molar-refractivity contribution < 1.29 is 4.79 Å². The number of nitrogens with zero attached hydrogens (tertiary/aromatic N) is 1. The third-order valence-corrected chi connectivity index (χ3v) is 2.71. The first-order valence-corrected chi connectivity index (χ1v) is 5.72. The third-order valence-electron chi connectivity index (χ3n) is 2.71. The minimum atomic E-state index is -0.0757. The Hall–Kier alpha value is -2.30. The van der Waals surface area contributed by atoms with Gasteiger partial charge < -0.3 is 11.1 Å². The SMILES string of the molecule is Cc1n[nH]c(C)c1NC(=O)Cc1cccc(N)c1. The maximum atomic E-state index is 11.9. The first-order chi connectivity index (χ1) is 8.56. The molecule has 18 heavy (non-hydrogen) atoms. The van der Waals surface area contributed by atoms with Crippen LogP contribution in [-0.2, 0) is 11.2 Å². The van der Waals surface area contributed by atoms with E-state index in [2.05, 4.69) is 15.5 Å². The number of amides is 1. The number of hydrogen-bond donors (Lipinski definition) is 3. The van der Waals surface area contributed by atoms with Crippen molar-refractivity contribution in [1.29, 1.82) is 0 Å². The van der Waals surface area contributed by atoms with Gasteiger partial charge in [0.25, 0.3) is 0 Å². The lowest BCUT2D eigenvalue weighted by Crippen LogP contribution is -2.15. The van der Waals surface area contributed by atoms with E-state index in [0.717, 1.165) is 22.6 Å². The smallest absolute Gasteiger partial charge is 0.228 e. The van der Waals surface area contributed by atoms with Gasteiger partial charge >= 0.3 is 0 Å². The number of aryl methyl sites for hydroxylation is 2. The minimum Gasteiger partial charge on any atom is -0.399 e. The lowest BCUT2D eigenvalue weighted by molar-refractivity contribution is -0.115. The van der Waals surface area contributed by atoms with Crippen molar-refractivity contribution in [2.45, 2.75) is 20.3 Å². The highest BCUT2D eigenvalue weighted by atomic mass is 16.1. The van der Waals surface area contributed by atoms with E-state index in [1.54, 1.807) is 12.1 Å². The quantitative estimate of drug-likeness (QED) is 0.720. The topological polar surface area (TPSA) is 83.8 Å². The molecule has 1 heterocycles. The maximum Gasteiger partial charge on any atom is 0.228 e. The second kappa shape index (κ2) is 4.91. The molecule has 0 spiro atoms. The number of aromatic amines is 1. The summed E-state index contributed by atoms with van der Waals surface area (Å²) in [6.45, 7) is 3.72. The van der Waals surface area contributed by atoms with E-state index in [1.807, 2.05) is 26.0 Å². The van der Waals surface area contributed by atoms with E-state index in [0.29, 0.717) is 12.1 Å². The molecule has 5 nitrogen and oxygen atoms in total. The van der Waals surface area contributed by atoms with Crippen LogP contribution in [-0.4, -0.2) is 16.1 Å². The summed E-state index contributed by atoms with van der Waals surface area (Å²) in [7, 11) is 0. The fourth-order valence-electron chi connectivity index (χ4n) is 1.81. The summed E-state index contributed by atoms with van der Waals surface area (Å²) in [5, 5.41) is 9.71. The number of benzene rings is 1. The number of nitrogens with one attached hydrogen (secondary N) is 2. The molecule has 0 saturated heterocycles. The van der Waals surface area contributed by atoms with Gasteiger partial charge in [0.1, 0.15) is 0 Å². The predicted octanol–water partition coefficient (Wildman–Crippen LogP) is 1.79. The lowest BCUT2D eigenvalue weighted by atomic mass is 10.1. The van der Waals surface area contributed by atoms with Crippen LogP contribution < -0.4 is 11.1 Å². The Morgan fingerprint density at radius 2 is 2.22 bits per heavy atom. The first-order valence-electron chi connectivity index (χ1n) is 5.72. The summed E-state index contributed by atoms with van der Waals surface area (Å²) >= 11 is 0. The summed E-state index contributed by atoms with van der Waals surface area (Å²) in [5.41, 5.74) is 9.62. The molecule has 94 valence electrons. The summed E-state index contributed by atoms with van der Waals surface area (Å²) < 4.78 is 0. The number of nitrogens with two attached hydrogens (primary N) is 1. The van der Waals surface area contributed by atoms with Gasteiger partial charge in [0.05, 0.1) is 23.5 Å². The maximum absolute atomic E-state index is 11.9. The number of aromatic nitrogens is 2. The molecule has 0 aliphatic heterocycles. The number of carbonyl (C=O) groups excluding carboxylic acids is 1.